The molecule has 0 amide bonds. The lowest BCUT2D eigenvalue weighted by Crippen LogP contribution is -2.11. The molecule has 0 atom stereocenters. The van der Waals surface area contributed by atoms with E-state index < -0.39 is 11.5 Å². The van der Waals surface area contributed by atoms with E-state index in [9.17, 15) is 9.59 Å². The Morgan fingerprint density at radius 1 is 1.69 bits per heavy atom. The van der Waals surface area contributed by atoms with Crippen molar-refractivity contribution in [3.8, 4) is 0 Å². The van der Waals surface area contributed by atoms with Crippen molar-refractivity contribution in [3.05, 3.63) is 33.2 Å². The summed E-state index contributed by atoms with van der Waals surface area (Å²) in [5.41, 5.74) is 0.0698. The van der Waals surface area contributed by atoms with E-state index in [4.69, 9.17) is 11.6 Å². The van der Waals surface area contributed by atoms with Crippen LogP contribution < -0.4 is 5.56 Å². The van der Waals surface area contributed by atoms with Gasteiger partial charge in [0, 0.05) is 6.20 Å². The molecular weight excluding hydrogens is 194 g/mol. The van der Waals surface area contributed by atoms with Crippen molar-refractivity contribution in [3.63, 3.8) is 0 Å². The summed E-state index contributed by atoms with van der Waals surface area (Å²) >= 11 is 5.64. The molecule has 0 spiro atoms. The van der Waals surface area contributed by atoms with E-state index >= 15 is 0 Å². The highest BCUT2D eigenvalue weighted by atomic mass is 35.5. The molecule has 1 rings (SSSR count). The maximum atomic E-state index is 11.0. The van der Waals surface area contributed by atoms with Crippen LogP contribution in [0.15, 0.2) is 17.1 Å². The second-order valence-corrected chi connectivity index (χ2v) is 2.78. The van der Waals surface area contributed by atoms with Crippen molar-refractivity contribution in [2.24, 2.45) is 0 Å². The number of hydrogen-bond donors (Lipinski definition) is 1. The van der Waals surface area contributed by atoms with Gasteiger partial charge in [-0.2, -0.15) is 0 Å². The molecule has 0 bridgehead atoms. The summed E-state index contributed by atoms with van der Waals surface area (Å²) in [4.78, 5) is 24.2. The van der Waals surface area contributed by atoms with Gasteiger partial charge in [-0.1, -0.05) is 11.6 Å². The highest BCUT2D eigenvalue weighted by Gasteiger charge is 2.08. The van der Waals surface area contributed by atoms with Crippen molar-refractivity contribution < 1.29 is 9.53 Å². The van der Waals surface area contributed by atoms with Gasteiger partial charge in [0.15, 0.2) is 0 Å². The van der Waals surface area contributed by atoms with Gasteiger partial charge in [-0.3, -0.25) is 9.59 Å². The number of H-pyrrole nitrogens is 1. The zero-order valence-electron chi connectivity index (χ0n) is 6.96. The highest BCUT2D eigenvalue weighted by Crippen LogP contribution is 2.09. The zero-order chi connectivity index (χ0) is 9.84. The third-order valence-electron chi connectivity index (χ3n) is 1.54. The standard InChI is InChI=1S/C8H8ClNO3/c1-13-6(11)4-5-2-3-10-8(12)7(5)9/h2-3H,4H2,1H3,(H,10,12). The molecule has 0 fully saturated rings. The average Bonchev–Trinajstić information content (AvgIpc) is 2.13. The van der Waals surface area contributed by atoms with E-state index in [1.807, 2.05) is 0 Å². The summed E-state index contributed by atoms with van der Waals surface area (Å²) in [5.74, 6) is -0.424. The normalized spacial score (nSPS) is 9.69. The van der Waals surface area contributed by atoms with Gasteiger partial charge in [0.25, 0.3) is 5.56 Å². The first kappa shape index (κ1) is 9.80. The first-order valence-electron chi connectivity index (χ1n) is 3.58. The number of ether oxygens (including phenoxy) is 1. The number of rotatable bonds is 2. The molecule has 1 aromatic heterocycles. The van der Waals surface area contributed by atoms with Crippen molar-refractivity contribution in [1.29, 1.82) is 0 Å². The van der Waals surface area contributed by atoms with E-state index in [1.54, 1.807) is 6.07 Å². The van der Waals surface area contributed by atoms with E-state index in [-0.39, 0.29) is 11.4 Å². The summed E-state index contributed by atoms with van der Waals surface area (Å²) in [7, 11) is 1.28. The Bertz CT molecular complexity index is 372. The van der Waals surface area contributed by atoms with Gasteiger partial charge >= 0.3 is 5.97 Å². The Morgan fingerprint density at radius 3 is 3.00 bits per heavy atom. The molecule has 5 heteroatoms. The van der Waals surface area contributed by atoms with Gasteiger partial charge in [0.2, 0.25) is 0 Å². The quantitative estimate of drug-likeness (QED) is 0.719. The summed E-state index contributed by atoms with van der Waals surface area (Å²) in [6.45, 7) is 0. The molecule has 0 unspecified atom stereocenters. The molecule has 0 aliphatic heterocycles. The number of nitrogens with one attached hydrogen (secondary N) is 1. The lowest BCUT2D eigenvalue weighted by molar-refractivity contribution is -0.139. The van der Waals surface area contributed by atoms with E-state index in [2.05, 4.69) is 9.72 Å². The number of halogens is 1. The first-order chi connectivity index (χ1) is 6.15. The second-order valence-electron chi connectivity index (χ2n) is 2.40. The van der Waals surface area contributed by atoms with Crippen molar-refractivity contribution in [2.75, 3.05) is 7.11 Å². The molecule has 1 aromatic rings. The third-order valence-corrected chi connectivity index (χ3v) is 1.96. The first-order valence-corrected chi connectivity index (χ1v) is 3.96. The zero-order valence-corrected chi connectivity index (χ0v) is 7.72. The topological polar surface area (TPSA) is 59.2 Å². The minimum atomic E-state index is -0.424. The van der Waals surface area contributed by atoms with Gasteiger partial charge in [-0.05, 0) is 11.6 Å². The minimum absolute atomic E-state index is 0.0131. The largest absolute Gasteiger partial charge is 0.469 e. The molecule has 0 aliphatic carbocycles. The number of hydrogen-bond acceptors (Lipinski definition) is 3. The van der Waals surface area contributed by atoms with Crippen molar-refractivity contribution in [2.45, 2.75) is 6.42 Å². The Morgan fingerprint density at radius 2 is 2.38 bits per heavy atom. The van der Waals surface area contributed by atoms with Crippen LogP contribution in [0.25, 0.3) is 0 Å². The average molecular weight is 202 g/mol. The fourth-order valence-corrected chi connectivity index (χ4v) is 1.05. The summed E-state index contributed by atoms with van der Waals surface area (Å²) in [6, 6.07) is 1.57. The number of methoxy groups -OCH3 is 1. The summed E-state index contributed by atoms with van der Waals surface area (Å²) in [5, 5.41) is 0.0351. The SMILES string of the molecule is COC(=O)Cc1cc[nH]c(=O)c1Cl. The monoisotopic (exact) mass is 201 g/mol. The maximum absolute atomic E-state index is 11.0. The molecule has 1 heterocycles. The van der Waals surface area contributed by atoms with E-state index in [0.717, 1.165) is 0 Å². The third kappa shape index (κ3) is 2.32. The summed E-state index contributed by atoms with van der Waals surface area (Å²) < 4.78 is 4.44. The van der Waals surface area contributed by atoms with Gasteiger partial charge in [-0.25, -0.2) is 0 Å². The Balaban J connectivity index is 2.96. The fraction of sp³-hybridized carbons (Fsp3) is 0.250. The van der Waals surface area contributed by atoms with Gasteiger partial charge < -0.3 is 9.72 Å². The van der Waals surface area contributed by atoms with Crippen molar-refractivity contribution in [1.82, 2.24) is 4.98 Å². The molecule has 0 aromatic carbocycles. The summed E-state index contributed by atoms with van der Waals surface area (Å²) in [6.07, 6.45) is 1.45. The van der Waals surface area contributed by atoms with Gasteiger partial charge in [0.1, 0.15) is 5.02 Å². The predicted molar refractivity (Wildman–Crippen MR) is 47.8 cm³/mol. The van der Waals surface area contributed by atoms with Gasteiger partial charge in [-0.15, -0.1) is 0 Å². The van der Waals surface area contributed by atoms with Crippen LogP contribution in [0, 0.1) is 0 Å². The molecule has 1 N–H and O–H groups in total. The Labute approximate surface area is 79.5 Å². The van der Waals surface area contributed by atoms with Crippen LogP contribution in [0.4, 0.5) is 0 Å². The van der Waals surface area contributed by atoms with Crippen LogP contribution in [0.3, 0.4) is 0 Å². The minimum Gasteiger partial charge on any atom is -0.469 e. The van der Waals surface area contributed by atoms with Crippen LogP contribution in [-0.4, -0.2) is 18.1 Å². The highest BCUT2D eigenvalue weighted by molar-refractivity contribution is 6.31. The van der Waals surface area contributed by atoms with Crippen LogP contribution in [-0.2, 0) is 16.0 Å². The smallest absolute Gasteiger partial charge is 0.310 e. The predicted octanol–water partition coefficient (Wildman–Crippen LogP) is 0.744. The molecular formula is C8H8ClNO3. The number of carbonyl (C=O) groups excluding carboxylic acids is 1. The molecule has 4 nitrogen and oxygen atoms in total. The number of carbonyl (C=O) groups is 1. The molecule has 0 aliphatic rings. The van der Waals surface area contributed by atoms with Crippen molar-refractivity contribution >= 4 is 17.6 Å². The lowest BCUT2D eigenvalue weighted by Gasteiger charge is -2.00. The Hall–Kier alpha value is -1.29. The van der Waals surface area contributed by atoms with Crippen LogP contribution in [0.2, 0.25) is 5.02 Å². The van der Waals surface area contributed by atoms with Crippen LogP contribution in [0.5, 0.6) is 0 Å². The molecule has 70 valence electrons. The molecule has 0 radical (unpaired) electrons. The van der Waals surface area contributed by atoms with E-state index in [0.29, 0.717) is 5.56 Å². The molecule has 0 saturated carbocycles. The maximum Gasteiger partial charge on any atom is 0.310 e. The number of aromatic nitrogens is 1. The lowest BCUT2D eigenvalue weighted by atomic mass is 10.2. The molecule has 0 saturated heterocycles. The van der Waals surface area contributed by atoms with Crippen LogP contribution >= 0.6 is 11.6 Å². The Kier molecular flexibility index (Phi) is 3.08. The van der Waals surface area contributed by atoms with Crippen LogP contribution in [0.1, 0.15) is 5.56 Å². The van der Waals surface area contributed by atoms with E-state index in [1.165, 1.54) is 13.3 Å². The number of aromatic amines is 1. The molecule has 13 heavy (non-hydrogen) atoms. The number of esters is 1. The number of pyridine rings is 1. The van der Waals surface area contributed by atoms with Gasteiger partial charge in [0.05, 0.1) is 13.5 Å². The fourth-order valence-electron chi connectivity index (χ4n) is 0.864. The second kappa shape index (κ2) is 4.09.